The summed E-state index contributed by atoms with van der Waals surface area (Å²) in [5.41, 5.74) is 6.59. The first-order chi connectivity index (χ1) is 7.32. The predicted molar refractivity (Wildman–Crippen MR) is 79.9 cm³/mol. The molecular formula is C11H11I2NO2. The Hall–Kier alpha value is -0.0500. The number of benzene rings is 1. The Labute approximate surface area is 121 Å². The molecule has 0 bridgehead atoms. The summed E-state index contributed by atoms with van der Waals surface area (Å²) in [4.78, 5) is 12.1. The second-order valence-electron chi connectivity index (χ2n) is 4.42. The van der Waals surface area contributed by atoms with Gasteiger partial charge in [-0.25, -0.2) is 0 Å². The van der Waals surface area contributed by atoms with Crippen molar-refractivity contribution in [2.75, 3.05) is 5.73 Å². The number of Topliss-reactive ketones (excluding diaryl/α,β-unsaturated/α-hetero) is 1. The first-order valence-corrected chi connectivity index (χ1v) is 6.97. The van der Waals surface area contributed by atoms with E-state index in [1.54, 1.807) is 0 Å². The fourth-order valence-electron chi connectivity index (χ4n) is 1.78. The maximum atomic E-state index is 12.1. The monoisotopic (exact) mass is 443 g/mol. The molecule has 0 radical (unpaired) electrons. The highest BCUT2D eigenvalue weighted by atomic mass is 127. The van der Waals surface area contributed by atoms with E-state index >= 15 is 0 Å². The maximum Gasteiger partial charge on any atom is 0.172 e. The van der Waals surface area contributed by atoms with Crippen LogP contribution in [0.5, 0.6) is 5.75 Å². The maximum absolute atomic E-state index is 12.1. The van der Waals surface area contributed by atoms with Crippen molar-refractivity contribution < 1.29 is 9.53 Å². The van der Waals surface area contributed by atoms with Gasteiger partial charge in [0.25, 0.3) is 0 Å². The Morgan fingerprint density at radius 2 is 2.00 bits per heavy atom. The van der Waals surface area contributed by atoms with Crippen LogP contribution in [0.4, 0.5) is 5.69 Å². The second kappa shape index (κ2) is 4.01. The summed E-state index contributed by atoms with van der Waals surface area (Å²) in [6.07, 6.45) is 0.375. The summed E-state index contributed by atoms with van der Waals surface area (Å²) in [5, 5.41) is 0. The van der Waals surface area contributed by atoms with E-state index in [9.17, 15) is 4.79 Å². The molecule has 1 heterocycles. The van der Waals surface area contributed by atoms with Crippen LogP contribution >= 0.6 is 45.2 Å². The van der Waals surface area contributed by atoms with Gasteiger partial charge in [-0.15, -0.1) is 0 Å². The molecule has 0 unspecified atom stereocenters. The number of carbonyl (C=O) groups is 1. The van der Waals surface area contributed by atoms with E-state index < -0.39 is 5.60 Å². The van der Waals surface area contributed by atoms with Crippen LogP contribution in [0.1, 0.15) is 30.6 Å². The van der Waals surface area contributed by atoms with E-state index in [-0.39, 0.29) is 5.78 Å². The number of halogens is 2. The third kappa shape index (κ3) is 2.03. The number of hydrogen-bond donors (Lipinski definition) is 1. The summed E-state index contributed by atoms with van der Waals surface area (Å²) >= 11 is 4.31. The van der Waals surface area contributed by atoms with Gasteiger partial charge >= 0.3 is 0 Å². The molecule has 1 aliphatic heterocycles. The summed E-state index contributed by atoms with van der Waals surface area (Å²) in [7, 11) is 0. The molecule has 5 heteroatoms. The number of anilines is 1. The number of ether oxygens (including phenoxy) is 1. The van der Waals surface area contributed by atoms with E-state index in [1.807, 2.05) is 19.9 Å². The lowest BCUT2D eigenvalue weighted by molar-refractivity contribution is 0.0616. The van der Waals surface area contributed by atoms with Crippen molar-refractivity contribution in [1.82, 2.24) is 0 Å². The smallest absolute Gasteiger partial charge is 0.172 e. The van der Waals surface area contributed by atoms with E-state index in [2.05, 4.69) is 45.2 Å². The van der Waals surface area contributed by atoms with Crippen LogP contribution in [0.25, 0.3) is 0 Å². The molecule has 1 aliphatic rings. The van der Waals surface area contributed by atoms with Crippen LogP contribution in [0.15, 0.2) is 6.07 Å². The van der Waals surface area contributed by atoms with Crippen LogP contribution in [-0.4, -0.2) is 11.4 Å². The predicted octanol–water partition coefficient (Wildman–Crippen LogP) is 3.22. The lowest BCUT2D eigenvalue weighted by Crippen LogP contribution is -2.36. The average molecular weight is 443 g/mol. The third-order valence-electron chi connectivity index (χ3n) is 2.47. The van der Waals surface area contributed by atoms with Crippen molar-refractivity contribution in [3.05, 3.63) is 18.8 Å². The van der Waals surface area contributed by atoms with Crippen molar-refractivity contribution in [1.29, 1.82) is 0 Å². The molecule has 0 saturated heterocycles. The Balaban J connectivity index is 2.69. The number of rotatable bonds is 0. The normalized spacial score (nSPS) is 17.9. The van der Waals surface area contributed by atoms with E-state index in [0.29, 0.717) is 23.4 Å². The SMILES string of the molecule is CC1(C)CC(=O)c2c(N)c(I)cc(I)c2O1. The first-order valence-electron chi connectivity index (χ1n) is 4.81. The first kappa shape index (κ1) is 12.4. The Kier molecular flexibility index (Phi) is 3.11. The van der Waals surface area contributed by atoms with E-state index in [4.69, 9.17) is 10.5 Å². The molecule has 3 nitrogen and oxygen atoms in total. The Bertz CT molecular complexity index is 483. The fourth-order valence-corrected chi connectivity index (χ4v) is 3.65. The molecule has 0 aromatic heterocycles. The number of carbonyl (C=O) groups excluding carboxylic acids is 1. The minimum Gasteiger partial charge on any atom is -0.485 e. The molecule has 0 atom stereocenters. The molecule has 1 aromatic rings. The lowest BCUT2D eigenvalue weighted by atomic mass is 9.92. The zero-order valence-corrected chi connectivity index (χ0v) is 13.2. The Morgan fingerprint density at radius 3 is 2.62 bits per heavy atom. The number of nitrogen functional groups attached to an aromatic ring is 1. The van der Waals surface area contributed by atoms with Crippen molar-refractivity contribution in [3.63, 3.8) is 0 Å². The summed E-state index contributed by atoms with van der Waals surface area (Å²) in [6, 6.07) is 1.93. The van der Waals surface area contributed by atoms with Gasteiger partial charge in [0.2, 0.25) is 0 Å². The number of fused-ring (bicyclic) bond motifs is 1. The Morgan fingerprint density at radius 1 is 1.38 bits per heavy atom. The van der Waals surface area contributed by atoms with Gasteiger partial charge in [0.15, 0.2) is 5.78 Å². The van der Waals surface area contributed by atoms with E-state index in [0.717, 1.165) is 7.14 Å². The number of ketones is 1. The molecule has 0 amide bonds. The molecule has 1 aromatic carbocycles. The van der Waals surface area contributed by atoms with Crippen LogP contribution in [0.2, 0.25) is 0 Å². The number of nitrogens with two attached hydrogens (primary N) is 1. The fraction of sp³-hybridized carbons (Fsp3) is 0.364. The minimum atomic E-state index is -0.441. The molecule has 86 valence electrons. The standard InChI is InChI=1S/C11H11I2NO2/c1-11(2)4-7(15)8-9(14)5(12)3-6(13)10(8)16-11/h3H,4,14H2,1-2H3. The van der Waals surface area contributed by atoms with Gasteiger partial charge in [0, 0.05) is 3.57 Å². The van der Waals surface area contributed by atoms with Crippen LogP contribution in [0.3, 0.4) is 0 Å². The quantitative estimate of drug-likeness (QED) is 0.495. The van der Waals surface area contributed by atoms with Gasteiger partial charge in [-0.05, 0) is 65.1 Å². The zero-order valence-electron chi connectivity index (χ0n) is 8.93. The topological polar surface area (TPSA) is 52.3 Å². The van der Waals surface area contributed by atoms with Crippen molar-refractivity contribution in [2.45, 2.75) is 25.9 Å². The summed E-state index contributed by atoms with van der Waals surface area (Å²) in [5.74, 6) is 0.708. The highest BCUT2D eigenvalue weighted by Gasteiger charge is 2.35. The van der Waals surface area contributed by atoms with Gasteiger partial charge in [0.05, 0.1) is 21.2 Å². The van der Waals surface area contributed by atoms with Crippen LogP contribution in [0, 0.1) is 7.14 Å². The minimum absolute atomic E-state index is 0.0696. The molecule has 0 aliphatic carbocycles. The van der Waals surface area contributed by atoms with Crippen LogP contribution in [-0.2, 0) is 0 Å². The number of hydrogen-bond acceptors (Lipinski definition) is 3. The second-order valence-corrected chi connectivity index (χ2v) is 6.74. The van der Waals surface area contributed by atoms with Gasteiger partial charge in [0.1, 0.15) is 11.4 Å². The van der Waals surface area contributed by atoms with Gasteiger partial charge in [-0.1, -0.05) is 0 Å². The highest BCUT2D eigenvalue weighted by molar-refractivity contribution is 14.1. The van der Waals surface area contributed by atoms with Crippen molar-refractivity contribution >= 4 is 56.7 Å². The average Bonchev–Trinajstić information content (AvgIpc) is 2.12. The third-order valence-corrected chi connectivity index (χ3v) is 4.16. The van der Waals surface area contributed by atoms with Crippen LogP contribution < -0.4 is 10.5 Å². The molecule has 16 heavy (non-hydrogen) atoms. The van der Waals surface area contributed by atoms with Crippen molar-refractivity contribution in [3.8, 4) is 5.75 Å². The summed E-state index contributed by atoms with van der Waals surface area (Å²) < 4.78 is 7.68. The highest BCUT2D eigenvalue weighted by Crippen LogP contribution is 2.41. The molecule has 2 rings (SSSR count). The van der Waals surface area contributed by atoms with Gasteiger partial charge in [-0.2, -0.15) is 0 Å². The van der Waals surface area contributed by atoms with Gasteiger partial charge in [-0.3, -0.25) is 4.79 Å². The van der Waals surface area contributed by atoms with Crippen molar-refractivity contribution in [2.24, 2.45) is 0 Å². The largest absolute Gasteiger partial charge is 0.485 e. The molecule has 0 fully saturated rings. The molecule has 0 spiro atoms. The molecular weight excluding hydrogens is 432 g/mol. The van der Waals surface area contributed by atoms with E-state index in [1.165, 1.54) is 0 Å². The summed E-state index contributed by atoms with van der Waals surface area (Å²) in [6.45, 7) is 3.83. The molecule has 0 saturated carbocycles. The zero-order chi connectivity index (χ0) is 12.1. The van der Waals surface area contributed by atoms with Gasteiger partial charge < -0.3 is 10.5 Å². The lowest BCUT2D eigenvalue weighted by Gasteiger charge is -2.33. The molecule has 2 N–H and O–H groups in total.